The molecule has 0 saturated heterocycles. The molecular formula is C16H19NS. The number of nitrogens with two attached hydrogens (primary N) is 1. The summed E-state index contributed by atoms with van der Waals surface area (Å²) < 4.78 is 0. The lowest BCUT2D eigenvalue weighted by molar-refractivity contribution is 0.817. The molecule has 2 heteroatoms. The van der Waals surface area contributed by atoms with Gasteiger partial charge in [0.25, 0.3) is 0 Å². The second kappa shape index (κ2) is 6.07. The quantitative estimate of drug-likeness (QED) is 0.826. The molecule has 0 aliphatic carbocycles. The zero-order valence-electron chi connectivity index (χ0n) is 10.9. The van der Waals surface area contributed by atoms with Crippen LogP contribution >= 0.6 is 11.8 Å². The Morgan fingerprint density at radius 1 is 1.06 bits per heavy atom. The van der Waals surface area contributed by atoms with E-state index in [9.17, 15) is 0 Å². The molecule has 94 valence electrons. The fourth-order valence-corrected chi connectivity index (χ4v) is 2.78. The van der Waals surface area contributed by atoms with Crippen LogP contribution in [0.3, 0.4) is 0 Å². The van der Waals surface area contributed by atoms with Gasteiger partial charge < -0.3 is 5.73 Å². The van der Waals surface area contributed by atoms with Gasteiger partial charge in [-0.05, 0) is 42.7 Å². The van der Waals surface area contributed by atoms with Crippen molar-refractivity contribution in [3.8, 4) is 0 Å². The topological polar surface area (TPSA) is 26.0 Å². The van der Waals surface area contributed by atoms with Crippen LogP contribution in [0.1, 0.15) is 29.7 Å². The summed E-state index contributed by atoms with van der Waals surface area (Å²) in [6.45, 7) is 4.17. The van der Waals surface area contributed by atoms with E-state index in [-0.39, 0.29) is 6.04 Å². The van der Waals surface area contributed by atoms with Crippen molar-refractivity contribution in [3.63, 3.8) is 0 Å². The molecule has 2 rings (SSSR count). The van der Waals surface area contributed by atoms with Crippen LogP contribution in [0.4, 0.5) is 0 Å². The second-order valence-electron chi connectivity index (χ2n) is 4.57. The molecule has 0 heterocycles. The van der Waals surface area contributed by atoms with Crippen molar-refractivity contribution in [1.29, 1.82) is 0 Å². The van der Waals surface area contributed by atoms with Crippen LogP contribution in [0.15, 0.2) is 53.4 Å². The van der Waals surface area contributed by atoms with E-state index in [1.807, 2.05) is 18.7 Å². The number of thioether (sulfide) groups is 1. The normalized spacial score (nSPS) is 12.4. The van der Waals surface area contributed by atoms with Crippen molar-refractivity contribution in [2.75, 3.05) is 0 Å². The minimum atomic E-state index is 0.111. The third-order valence-corrected chi connectivity index (χ3v) is 4.12. The molecule has 0 aliphatic rings. The minimum Gasteiger partial charge on any atom is -0.324 e. The third-order valence-electron chi connectivity index (χ3n) is 3.06. The van der Waals surface area contributed by atoms with Crippen LogP contribution < -0.4 is 5.73 Å². The predicted octanol–water partition coefficient (Wildman–Crippen LogP) is 4.31. The SMILES string of the molecule is Cc1ccccc1CSc1ccc(C(C)N)cc1. The average Bonchev–Trinajstić information content (AvgIpc) is 2.38. The lowest BCUT2D eigenvalue weighted by Gasteiger charge is -2.08. The van der Waals surface area contributed by atoms with E-state index in [0.717, 1.165) is 5.75 Å². The van der Waals surface area contributed by atoms with Crippen molar-refractivity contribution in [2.24, 2.45) is 5.73 Å². The number of hydrogen-bond acceptors (Lipinski definition) is 2. The molecule has 0 saturated carbocycles. The van der Waals surface area contributed by atoms with Gasteiger partial charge >= 0.3 is 0 Å². The first kappa shape index (κ1) is 13.2. The van der Waals surface area contributed by atoms with Gasteiger partial charge in [-0.1, -0.05) is 36.4 Å². The van der Waals surface area contributed by atoms with Gasteiger partial charge in [0, 0.05) is 16.7 Å². The molecule has 18 heavy (non-hydrogen) atoms. The molecule has 1 atom stereocenters. The molecule has 0 aliphatic heterocycles. The molecule has 0 fully saturated rings. The Morgan fingerprint density at radius 3 is 2.33 bits per heavy atom. The second-order valence-corrected chi connectivity index (χ2v) is 5.62. The summed E-state index contributed by atoms with van der Waals surface area (Å²) >= 11 is 1.87. The zero-order valence-corrected chi connectivity index (χ0v) is 11.7. The molecule has 0 radical (unpaired) electrons. The van der Waals surface area contributed by atoms with Crippen molar-refractivity contribution in [3.05, 3.63) is 65.2 Å². The van der Waals surface area contributed by atoms with E-state index in [4.69, 9.17) is 5.73 Å². The number of hydrogen-bond donors (Lipinski definition) is 1. The maximum atomic E-state index is 5.84. The smallest absolute Gasteiger partial charge is 0.0266 e. The first-order chi connectivity index (χ1) is 8.66. The first-order valence-corrected chi connectivity index (χ1v) is 7.18. The van der Waals surface area contributed by atoms with Gasteiger partial charge in [0.15, 0.2) is 0 Å². The van der Waals surface area contributed by atoms with Crippen LogP contribution in [0.25, 0.3) is 0 Å². The maximum absolute atomic E-state index is 5.84. The van der Waals surface area contributed by atoms with Crippen LogP contribution in [-0.4, -0.2) is 0 Å². The van der Waals surface area contributed by atoms with Gasteiger partial charge in [-0.2, -0.15) is 0 Å². The fourth-order valence-electron chi connectivity index (χ4n) is 1.80. The van der Waals surface area contributed by atoms with E-state index >= 15 is 0 Å². The molecule has 2 N–H and O–H groups in total. The monoisotopic (exact) mass is 257 g/mol. The average molecular weight is 257 g/mol. The van der Waals surface area contributed by atoms with Gasteiger partial charge in [0.05, 0.1) is 0 Å². The van der Waals surface area contributed by atoms with E-state index in [1.165, 1.54) is 21.6 Å². The summed E-state index contributed by atoms with van der Waals surface area (Å²) in [5.41, 5.74) is 9.79. The van der Waals surface area contributed by atoms with Crippen molar-refractivity contribution >= 4 is 11.8 Å². The largest absolute Gasteiger partial charge is 0.324 e. The molecule has 0 aromatic heterocycles. The Balaban J connectivity index is 2.00. The highest BCUT2D eigenvalue weighted by atomic mass is 32.2. The van der Waals surface area contributed by atoms with Crippen LogP contribution in [0.2, 0.25) is 0 Å². The van der Waals surface area contributed by atoms with Gasteiger partial charge in [-0.15, -0.1) is 11.8 Å². The number of benzene rings is 2. The molecule has 0 amide bonds. The van der Waals surface area contributed by atoms with Gasteiger partial charge in [-0.3, -0.25) is 0 Å². The van der Waals surface area contributed by atoms with Gasteiger partial charge in [-0.25, -0.2) is 0 Å². The highest BCUT2D eigenvalue weighted by Gasteiger charge is 2.01. The summed E-state index contributed by atoms with van der Waals surface area (Å²) in [6, 6.07) is 17.2. The Morgan fingerprint density at radius 2 is 1.72 bits per heavy atom. The Labute approximate surface area is 113 Å². The first-order valence-electron chi connectivity index (χ1n) is 6.19. The molecule has 1 unspecified atom stereocenters. The summed E-state index contributed by atoms with van der Waals surface area (Å²) in [4.78, 5) is 1.29. The van der Waals surface area contributed by atoms with E-state index in [1.54, 1.807) is 0 Å². The van der Waals surface area contributed by atoms with E-state index in [2.05, 4.69) is 55.5 Å². The van der Waals surface area contributed by atoms with Crippen molar-refractivity contribution in [2.45, 2.75) is 30.5 Å². The Hall–Kier alpha value is -1.25. The fraction of sp³-hybridized carbons (Fsp3) is 0.250. The predicted molar refractivity (Wildman–Crippen MR) is 79.8 cm³/mol. The molecule has 0 spiro atoms. The number of aryl methyl sites for hydroxylation is 1. The number of rotatable bonds is 4. The van der Waals surface area contributed by atoms with Crippen molar-refractivity contribution in [1.82, 2.24) is 0 Å². The van der Waals surface area contributed by atoms with Gasteiger partial charge in [0.1, 0.15) is 0 Å². The third kappa shape index (κ3) is 3.37. The molecule has 1 nitrogen and oxygen atoms in total. The Kier molecular flexibility index (Phi) is 4.45. The molecule has 2 aromatic carbocycles. The lowest BCUT2D eigenvalue weighted by Crippen LogP contribution is -2.04. The summed E-state index contributed by atoms with van der Waals surface area (Å²) in [6.07, 6.45) is 0. The van der Waals surface area contributed by atoms with Crippen LogP contribution in [0, 0.1) is 6.92 Å². The van der Waals surface area contributed by atoms with Crippen LogP contribution in [-0.2, 0) is 5.75 Å². The molecule has 0 bridgehead atoms. The minimum absolute atomic E-state index is 0.111. The summed E-state index contributed by atoms with van der Waals surface area (Å²) in [7, 11) is 0. The summed E-state index contributed by atoms with van der Waals surface area (Å²) in [5, 5.41) is 0. The standard InChI is InChI=1S/C16H19NS/c1-12-5-3-4-6-15(12)11-18-16-9-7-14(8-10-16)13(2)17/h3-10,13H,11,17H2,1-2H3. The zero-order chi connectivity index (χ0) is 13.0. The maximum Gasteiger partial charge on any atom is 0.0266 e. The Bertz CT molecular complexity index is 503. The van der Waals surface area contributed by atoms with Crippen molar-refractivity contribution < 1.29 is 0 Å². The molecule has 2 aromatic rings. The summed E-state index contributed by atoms with van der Waals surface area (Å²) in [5.74, 6) is 1.02. The van der Waals surface area contributed by atoms with E-state index in [0.29, 0.717) is 0 Å². The highest BCUT2D eigenvalue weighted by molar-refractivity contribution is 7.98. The van der Waals surface area contributed by atoms with E-state index < -0.39 is 0 Å². The lowest BCUT2D eigenvalue weighted by atomic mass is 10.1. The highest BCUT2D eigenvalue weighted by Crippen LogP contribution is 2.25. The van der Waals surface area contributed by atoms with Crippen LogP contribution in [0.5, 0.6) is 0 Å². The van der Waals surface area contributed by atoms with Gasteiger partial charge in [0.2, 0.25) is 0 Å². The molecular weight excluding hydrogens is 238 g/mol.